The van der Waals surface area contributed by atoms with Crippen LogP contribution in [0.25, 0.3) is 0 Å². The number of hydrogen-bond donors (Lipinski definition) is 1. The number of carbonyl (C=O) groups excluding carboxylic acids is 2. The summed E-state index contributed by atoms with van der Waals surface area (Å²) in [6.07, 6.45) is 2.39. The second-order valence-electron chi connectivity index (χ2n) is 7.03. The quantitative estimate of drug-likeness (QED) is 0.786. The Morgan fingerprint density at radius 1 is 1.08 bits per heavy atom. The normalized spacial score (nSPS) is 23.7. The van der Waals surface area contributed by atoms with Gasteiger partial charge in [0.15, 0.2) is 6.10 Å². The number of nitrogens with one attached hydrogen (secondary N) is 1. The summed E-state index contributed by atoms with van der Waals surface area (Å²) in [6, 6.07) is 4.91. The van der Waals surface area contributed by atoms with Crippen LogP contribution >= 0.6 is 0 Å². The Kier molecular flexibility index (Phi) is 6.89. The number of carbonyl (C=O) groups is 2. The van der Waals surface area contributed by atoms with Crippen molar-refractivity contribution in [2.24, 2.45) is 11.8 Å². The first-order valence-corrected chi connectivity index (χ1v) is 9.10. The van der Waals surface area contributed by atoms with Gasteiger partial charge in [-0.05, 0) is 37.3 Å². The first-order valence-electron chi connectivity index (χ1n) is 9.10. The van der Waals surface area contributed by atoms with Crippen LogP contribution in [0.2, 0.25) is 0 Å². The molecule has 0 aliphatic heterocycles. The van der Waals surface area contributed by atoms with Crippen molar-refractivity contribution < 1.29 is 23.8 Å². The van der Waals surface area contributed by atoms with Crippen molar-refractivity contribution in [2.75, 3.05) is 14.2 Å². The van der Waals surface area contributed by atoms with E-state index in [4.69, 9.17) is 14.2 Å². The minimum atomic E-state index is -0.871. The molecule has 4 atom stereocenters. The molecule has 0 aromatic heterocycles. The van der Waals surface area contributed by atoms with Crippen molar-refractivity contribution in [3.05, 3.63) is 23.8 Å². The van der Waals surface area contributed by atoms with E-state index >= 15 is 0 Å². The Hall–Kier alpha value is -2.24. The molecule has 6 heteroatoms. The minimum Gasteiger partial charge on any atom is -0.497 e. The van der Waals surface area contributed by atoms with Crippen LogP contribution in [-0.4, -0.2) is 38.2 Å². The van der Waals surface area contributed by atoms with E-state index in [0.717, 1.165) is 12.8 Å². The zero-order valence-corrected chi connectivity index (χ0v) is 16.2. The van der Waals surface area contributed by atoms with Gasteiger partial charge in [-0.25, -0.2) is 4.79 Å². The van der Waals surface area contributed by atoms with E-state index in [1.165, 1.54) is 20.6 Å². The van der Waals surface area contributed by atoms with E-state index < -0.39 is 12.1 Å². The van der Waals surface area contributed by atoms with Gasteiger partial charge in [0.1, 0.15) is 11.5 Å². The number of benzene rings is 1. The number of methoxy groups -OCH3 is 2. The standard InChI is InChI=1S/C20H29NO5/c1-12-7-6-8-18(13(12)2)21-19(22)14(3)26-20(23)15-9-16(24-4)11-17(10-15)25-5/h9-14,18H,6-8H2,1-5H3,(H,21,22)/t12-,13-,14-,18-/m1/s1. The van der Waals surface area contributed by atoms with Crippen molar-refractivity contribution in [3.63, 3.8) is 0 Å². The van der Waals surface area contributed by atoms with Gasteiger partial charge in [-0.2, -0.15) is 0 Å². The number of rotatable bonds is 6. The molecule has 1 N–H and O–H groups in total. The summed E-state index contributed by atoms with van der Waals surface area (Å²) in [5.74, 6) is 1.11. The van der Waals surface area contributed by atoms with Crippen molar-refractivity contribution in [2.45, 2.75) is 52.2 Å². The zero-order valence-electron chi connectivity index (χ0n) is 16.2. The fourth-order valence-corrected chi connectivity index (χ4v) is 3.29. The Morgan fingerprint density at radius 3 is 2.27 bits per heavy atom. The summed E-state index contributed by atoms with van der Waals surface area (Å²) in [5, 5.41) is 3.04. The fourth-order valence-electron chi connectivity index (χ4n) is 3.29. The van der Waals surface area contributed by atoms with Gasteiger partial charge in [0, 0.05) is 12.1 Å². The van der Waals surface area contributed by atoms with E-state index in [1.807, 2.05) is 0 Å². The summed E-state index contributed by atoms with van der Waals surface area (Å²) in [7, 11) is 3.01. The van der Waals surface area contributed by atoms with E-state index in [2.05, 4.69) is 19.2 Å². The molecule has 144 valence electrons. The lowest BCUT2D eigenvalue weighted by Crippen LogP contribution is -2.47. The zero-order chi connectivity index (χ0) is 19.3. The average molecular weight is 363 g/mol. The van der Waals surface area contributed by atoms with Gasteiger partial charge in [-0.1, -0.05) is 26.7 Å². The Labute approximate surface area is 155 Å². The molecule has 0 spiro atoms. The molecule has 0 radical (unpaired) electrons. The molecule has 1 aliphatic carbocycles. The van der Waals surface area contributed by atoms with Crippen LogP contribution in [0.3, 0.4) is 0 Å². The van der Waals surface area contributed by atoms with Gasteiger partial charge < -0.3 is 19.5 Å². The maximum Gasteiger partial charge on any atom is 0.339 e. The Morgan fingerprint density at radius 2 is 1.69 bits per heavy atom. The Balaban J connectivity index is 1.99. The highest BCUT2D eigenvalue weighted by Crippen LogP contribution is 2.29. The predicted octanol–water partition coefficient (Wildman–Crippen LogP) is 3.19. The van der Waals surface area contributed by atoms with E-state index in [-0.39, 0.29) is 17.5 Å². The van der Waals surface area contributed by atoms with Gasteiger partial charge in [0.2, 0.25) is 0 Å². The maximum absolute atomic E-state index is 12.4. The molecule has 0 heterocycles. The molecule has 1 fully saturated rings. The number of hydrogen-bond acceptors (Lipinski definition) is 5. The van der Waals surface area contributed by atoms with Gasteiger partial charge >= 0.3 is 5.97 Å². The fraction of sp³-hybridized carbons (Fsp3) is 0.600. The van der Waals surface area contributed by atoms with Crippen LogP contribution < -0.4 is 14.8 Å². The lowest BCUT2D eigenvalue weighted by Gasteiger charge is -2.35. The van der Waals surface area contributed by atoms with Crippen molar-refractivity contribution in [3.8, 4) is 11.5 Å². The molecule has 6 nitrogen and oxygen atoms in total. The lowest BCUT2D eigenvalue weighted by molar-refractivity contribution is -0.130. The van der Waals surface area contributed by atoms with Crippen molar-refractivity contribution in [1.29, 1.82) is 0 Å². The largest absolute Gasteiger partial charge is 0.497 e. The summed E-state index contributed by atoms with van der Waals surface area (Å²) >= 11 is 0. The molecule has 1 saturated carbocycles. The maximum atomic E-state index is 12.4. The monoisotopic (exact) mass is 363 g/mol. The van der Waals surface area contributed by atoms with E-state index in [1.54, 1.807) is 25.1 Å². The number of ether oxygens (including phenoxy) is 3. The summed E-state index contributed by atoms with van der Waals surface area (Å²) in [4.78, 5) is 24.8. The van der Waals surface area contributed by atoms with Crippen LogP contribution in [0.15, 0.2) is 18.2 Å². The van der Waals surface area contributed by atoms with E-state index in [9.17, 15) is 9.59 Å². The third-order valence-corrected chi connectivity index (χ3v) is 5.27. The van der Waals surface area contributed by atoms with Gasteiger partial charge in [0.25, 0.3) is 5.91 Å². The summed E-state index contributed by atoms with van der Waals surface area (Å²) < 4.78 is 15.6. The SMILES string of the molecule is COc1cc(OC)cc(C(=O)O[C@H](C)C(=O)N[C@@H]2CCC[C@@H](C)[C@H]2C)c1. The first-order chi connectivity index (χ1) is 12.3. The highest BCUT2D eigenvalue weighted by molar-refractivity contribution is 5.93. The second kappa shape index (κ2) is 8.92. The van der Waals surface area contributed by atoms with Crippen molar-refractivity contribution in [1.82, 2.24) is 5.32 Å². The third kappa shape index (κ3) is 4.90. The topological polar surface area (TPSA) is 73.9 Å². The van der Waals surface area contributed by atoms with Crippen molar-refractivity contribution >= 4 is 11.9 Å². The molecule has 0 saturated heterocycles. The smallest absolute Gasteiger partial charge is 0.339 e. The molecule has 0 bridgehead atoms. The first kappa shape index (κ1) is 20.1. The number of amides is 1. The highest BCUT2D eigenvalue weighted by Gasteiger charge is 2.30. The van der Waals surface area contributed by atoms with Crippen LogP contribution in [0.1, 0.15) is 50.4 Å². The molecule has 26 heavy (non-hydrogen) atoms. The average Bonchev–Trinajstić information content (AvgIpc) is 2.64. The predicted molar refractivity (Wildman–Crippen MR) is 98.5 cm³/mol. The van der Waals surface area contributed by atoms with Crippen LogP contribution in [0.4, 0.5) is 0 Å². The van der Waals surface area contributed by atoms with Crippen LogP contribution in [-0.2, 0) is 9.53 Å². The summed E-state index contributed by atoms with van der Waals surface area (Å²) in [5.41, 5.74) is 0.278. The highest BCUT2D eigenvalue weighted by atomic mass is 16.5. The molecule has 0 unspecified atom stereocenters. The second-order valence-corrected chi connectivity index (χ2v) is 7.03. The van der Waals surface area contributed by atoms with Gasteiger partial charge in [-0.3, -0.25) is 4.79 Å². The Bertz CT molecular complexity index is 623. The molecular weight excluding hydrogens is 334 g/mol. The van der Waals surface area contributed by atoms with Gasteiger partial charge in [0.05, 0.1) is 19.8 Å². The van der Waals surface area contributed by atoms with E-state index in [0.29, 0.717) is 23.3 Å². The molecule has 1 aromatic rings. The van der Waals surface area contributed by atoms with Crippen LogP contribution in [0, 0.1) is 11.8 Å². The third-order valence-electron chi connectivity index (χ3n) is 5.27. The van der Waals surface area contributed by atoms with Crippen LogP contribution in [0.5, 0.6) is 11.5 Å². The van der Waals surface area contributed by atoms with Gasteiger partial charge in [-0.15, -0.1) is 0 Å². The number of esters is 1. The summed E-state index contributed by atoms with van der Waals surface area (Å²) in [6.45, 7) is 5.96. The molecule has 2 rings (SSSR count). The molecular formula is C20H29NO5. The lowest BCUT2D eigenvalue weighted by atomic mass is 9.78. The molecule has 1 aromatic carbocycles. The minimum absolute atomic E-state index is 0.129. The molecule has 1 amide bonds. The molecule has 1 aliphatic rings.